The Bertz CT molecular complexity index is 376. The quantitative estimate of drug-likeness (QED) is 0.701. The zero-order valence-corrected chi connectivity index (χ0v) is 10.5. The van der Waals surface area contributed by atoms with Crippen LogP contribution < -0.4 is 11.1 Å². The largest absolute Gasteiger partial charge is 0.395 e. The monoisotopic (exact) mass is 244 g/mol. The molecular formula is C10H17ClN4O. The van der Waals surface area contributed by atoms with Crippen molar-refractivity contribution >= 4 is 23.1 Å². The van der Waals surface area contributed by atoms with Crippen LogP contribution in [-0.4, -0.2) is 28.2 Å². The predicted octanol–water partition coefficient (Wildman–Crippen LogP) is 1.41. The zero-order valence-electron chi connectivity index (χ0n) is 9.71. The van der Waals surface area contributed by atoms with Gasteiger partial charge in [-0.15, -0.1) is 0 Å². The van der Waals surface area contributed by atoms with Gasteiger partial charge in [-0.1, -0.05) is 32.4 Å². The van der Waals surface area contributed by atoms with Crippen LogP contribution in [0.1, 0.15) is 26.6 Å². The molecule has 6 heteroatoms. The molecule has 0 saturated heterocycles. The molecule has 5 nitrogen and oxygen atoms in total. The SMILES string of the molecule is CC(C)(C)c1nc(Cl)c(N)c(NCCO)n1. The summed E-state index contributed by atoms with van der Waals surface area (Å²) in [5.74, 6) is 1.09. The molecule has 16 heavy (non-hydrogen) atoms. The van der Waals surface area contributed by atoms with Crippen molar-refractivity contribution < 1.29 is 5.11 Å². The van der Waals surface area contributed by atoms with E-state index in [1.807, 2.05) is 20.8 Å². The second-order valence-electron chi connectivity index (χ2n) is 4.50. The van der Waals surface area contributed by atoms with Crippen LogP contribution in [0.3, 0.4) is 0 Å². The summed E-state index contributed by atoms with van der Waals surface area (Å²) < 4.78 is 0. The van der Waals surface area contributed by atoms with Crippen LogP contribution in [0, 0.1) is 0 Å². The molecular weight excluding hydrogens is 228 g/mol. The number of halogens is 1. The van der Waals surface area contributed by atoms with Crippen molar-refractivity contribution in [3.8, 4) is 0 Å². The highest BCUT2D eigenvalue weighted by Gasteiger charge is 2.20. The maximum absolute atomic E-state index is 8.74. The first-order chi connectivity index (χ1) is 7.36. The van der Waals surface area contributed by atoms with Crippen LogP contribution >= 0.6 is 11.6 Å². The van der Waals surface area contributed by atoms with E-state index in [-0.39, 0.29) is 17.2 Å². The van der Waals surface area contributed by atoms with E-state index in [1.165, 1.54) is 0 Å². The van der Waals surface area contributed by atoms with E-state index in [1.54, 1.807) is 0 Å². The highest BCUT2D eigenvalue weighted by atomic mass is 35.5. The Labute approximate surface area is 100 Å². The summed E-state index contributed by atoms with van der Waals surface area (Å²) in [7, 11) is 0. The van der Waals surface area contributed by atoms with Gasteiger partial charge in [0.25, 0.3) is 0 Å². The summed E-state index contributed by atoms with van der Waals surface area (Å²) >= 11 is 5.93. The smallest absolute Gasteiger partial charge is 0.157 e. The molecule has 0 aliphatic rings. The molecule has 0 aliphatic carbocycles. The molecule has 0 fully saturated rings. The second kappa shape index (κ2) is 4.84. The van der Waals surface area contributed by atoms with E-state index < -0.39 is 0 Å². The van der Waals surface area contributed by atoms with Crippen molar-refractivity contribution in [3.63, 3.8) is 0 Å². The Kier molecular flexibility index (Phi) is 3.93. The minimum atomic E-state index is -0.201. The molecule has 0 aliphatic heterocycles. The Morgan fingerprint density at radius 2 is 2.00 bits per heavy atom. The van der Waals surface area contributed by atoms with Gasteiger partial charge in [0.2, 0.25) is 0 Å². The van der Waals surface area contributed by atoms with Gasteiger partial charge >= 0.3 is 0 Å². The van der Waals surface area contributed by atoms with Gasteiger partial charge in [-0.2, -0.15) is 0 Å². The number of hydrogen-bond donors (Lipinski definition) is 3. The Balaban J connectivity index is 3.12. The van der Waals surface area contributed by atoms with E-state index in [0.29, 0.717) is 23.9 Å². The molecule has 0 atom stereocenters. The second-order valence-corrected chi connectivity index (χ2v) is 4.86. The van der Waals surface area contributed by atoms with Crippen LogP contribution in [0.2, 0.25) is 5.15 Å². The number of anilines is 2. The molecule has 1 heterocycles. The van der Waals surface area contributed by atoms with Crippen molar-refractivity contribution in [2.24, 2.45) is 0 Å². The third-order valence-corrected chi connectivity index (χ3v) is 2.26. The molecule has 1 rings (SSSR count). The summed E-state index contributed by atoms with van der Waals surface area (Å²) in [6, 6.07) is 0. The zero-order chi connectivity index (χ0) is 12.3. The Morgan fingerprint density at radius 3 is 2.50 bits per heavy atom. The minimum Gasteiger partial charge on any atom is -0.395 e. The van der Waals surface area contributed by atoms with Crippen molar-refractivity contribution in [2.45, 2.75) is 26.2 Å². The molecule has 4 N–H and O–H groups in total. The molecule has 0 bridgehead atoms. The van der Waals surface area contributed by atoms with Crippen LogP contribution in [0.4, 0.5) is 11.5 Å². The van der Waals surface area contributed by atoms with Crippen molar-refractivity contribution in [2.75, 3.05) is 24.2 Å². The lowest BCUT2D eigenvalue weighted by Gasteiger charge is -2.19. The number of rotatable bonds is 3. The van der Waals surface area contributed by atoms with E-state index in [2.05, 4.69) is 15.3 Å². The van der Waals surface area contributed by atoms with Gasteiger partial charge in [0.15, 0.2) is 11.0 Å². The first-order valence-electron chi connectivity index (χ1n) is 5.04. The average Bonchev–Trinajstić information content (AvgIpc) is 2.18. The summed E-state index contributed by atoms with van der Waals surface area (Å²) in [4.78, 5) is 8.44. The fourth-order valence-electron chi connectivity index (χ4n) is 1.09. The first-order valence-corrected chi connectivity index (χ1v) is 5.42. The van der Waals surface area contributed by atoms with Gasteiger partial charge in [0.1, 0.15) is 11.5 Å². The normalized spacial score (nSPS) is 11.6. The average molecular weight is 245 g/mol. The van der Waals surface area contributed by atoms with Gasteiger partial charge in [-0.25, -0.2) is 9.97 Å². The summed E-state index contributed by atoms with van der Waals surface area (Å²) in [5, 5.41) is 11.9. The van der Waals surface area contributed by atoms with Gasteiger partial charge in [0, 0.05) is 12.0 Å². The molecule has 1 aromatic rings. The molecule has 0 radical (unpaired) electrons. The number of nitrogens with two attached hydrogens (primary N) is 1. The molecule has 0 saturated carbocycles. The topological polar surface area (TPSA) is 84.1 Å². The van der Waals surface area contributed by atoms with Crippen molar-refractivity contribution in [1.29, 1.82) is 0 Å². The van der Waals surface area contributed by atoms with Crippen LogP contribution in [0.25, 0.3) is 0 Å². The van der Waals surface area contributed by atoms with Gasteiger partial charge in [0.05, 0.1) is 6.61 Å². The third-order valence-electron chi connectivity index (χ3n) is 1.97. The Hall–Kier alpha value is -1.07. The molecule has 0 aromatic carbocycles. The third kappa shape index (κ3) is 2.96. The maximum atomic E-state index is 8.74. The number of aliphatic hydroxyl groups excluding tert-OH is 1. The summed E-state index contributed by atoms with van der Waals surface area (Å²) in [6.07, 6.45) is 0. The first kappa shape index (κ1) is 13.0. The van der Waals surface area contributed by atoms with Crippen molar-refractivity contribution in [1.82, 2.24) is 9.97 Å². The van der Waals surface area contributed by atoms with E-state index in [0.717, 1.165) is 0 Å². The molecule has 0 spiro atoms. The van der Waals surface area contributed by atoms with E-state index in [9.17, 15) is 0 Å². The van der Waals surface area contributed by atoms with Crippen LogP contribution in [-0.2, 0) is 5.41 Å². The predicted molar refractivity (Wildman–Crippen MR) is 65.7 cm³/mol. The van der Waals surface area contributed by atoms with Gasteiger partial charge < -0.3 is 16.2 Å². The number of nitrogens with one attached hydrogen (secondary N) is 1. The fourth-order valence-corrected chi connectivity index (χ4v) is 1.26. The Morgan fingerprint density at radius 1 is 1.38 bits per heavy atom. The lowest BCUT2D eigenvalue weighted by atomic mass is 9.96. The van der Waals surface area contributed by atoms with Crippen molar-refractivity contribution in [3.05, 3.63) is 11.0 Å². The summed E-state index contributed by atoms with van der Waals surface area (Å²) in [6.45, 7) is 6.35. The highest BCUT2D eigenvalue weighted by Crippen LogP contribution is 2.28. The lowest BCUT2D eigenvalue weighted by Crippen LogP contribution is -2.19. The summed E-state index contributed by atoms with van der Waals surface area (Å²) in [5.41, 5.74) is 5.84. The standard InChI is InChI=1S/C10H17ClN4O/c1-10(2,3)9-14-7(11)6(12)8(15-9)13-4-5-16/h16H,4-5,12H2,1-3H3,(H,13,14,15). The molecule has 0 amide bonds. The number of hydrogen-bond acceptors (Lipinski definition) is 5. The van der Waals surface area contributed by atoms with E-state index >= 15 is 0 Å². The number of nitrogens with zero attached hydrogens (tertiary/aromatic N) is 2. The number of aromatic nitrogens is 2. The van der Waals surface area contributed by atoms with Gasteiger partial charge in [-0.3, -0.25) is 0 Å². The number of aliphatic hydroxyl groups is 1. The van der Waals surface area contributed by atoms with Crippen LogP contribution in [0.5, 0.6) is 0 Å². The fraction of sp³-hybridized carbons (Fsp3) is 0.600. The minimum absolute atomic E-state index is 0.00587. The molecule has 0 unspecified atom stereocenters. The van der Waals surface area contributed by atoms with Gasteiger partial charge in [-0.05, 0) is 0 Å². The van der Waals surface area contributed by atoms with E-state index in [4.69, 9.17) is 22.4 Å². The number of nitrogen functional groups attached to an aromatic ring is 1. The highest BCUT2D eigenvalue weighted by molar-refractivity contribution is 6.32. The molecule has 1 aromatic heterocycles. The lowest BCUT2D eigenvalue weighted by molar-refractivity contribution is 0.311. The van der Waals surface area contributed by atoms with Crippen LogP contribution in [0.15, 0.2) is 0 Å². The molecule has 90 valence electrons. The maximum Gasteiger partial charge on any atom is 0.157 e.